The van der Waals surface area contributed by atoms with Crippen molar-refractivity contribution in [3.05, 3.63) is 77.9 Å². The van der Waals surface area contributed by atoms with Crippen molar-refractivity contribution in [3.8, 4) is 0 Å². The van der Waals surface area contributed by atoms with Gasteiger partial charge in [0, 0.05) is 32.1 Å². The van der Waals surface area contributed by atoms with Crippen LogP contribution in [0.3, 0.4) is 0 Å². The summed E-state index contributed by atoms with van der Waals surface area (Å²) in [6.45, 7) is 14.3. The van der Waals surface area contributed by atoms with Gasteiger partial charge in [-0.25, -0.2) is 4.79 Å². The molecule has 0 aliphatic carbocycles. The van der Waals surface area contributed by atoms with E-state index >= 15 is 0 Å². The Kier molecular flexibility index (Phi) is 7.13. The van der Waals surface area contributed by atoms with E-state index in [9.17, 15) is 4.79 Å². The van der Waals surface area contributed by atoms with Crippen LogP contribution in [-0.2, 0) is 0 Å². The Labute approximate surface area is 176 Å². The van der Waals surface area contributed by atoms with Gasteiger partial charge in [0.05, 0.1) is 0 Å². The molecule has 154 valence electrons. The third-order valence-corrected chi connectivity index (χ3v) is 6.03. The molecular weight excluding hydrogens is 356 g/mol. The molecule has 0 saturated carbocycles. The number of rotatable bonds is 8. The maximum Gasteiger partial charge on any atom is 0.320 e. The Morgan fingerprint density at radius 3 is 2.14 bits per heavy atom. The van der Waals surface area contributed by atoms with Crippen LogP contribution in [0.25, 0.3) is 5.57 Å². The first kappa shape index (κ1) is 21.2. The summed E-state index contributed by atoms with van der Waals surface area (Å²) in [5, 5.41) is 0. The molecule has 1 atom stereocenters. The Morgan fingerprint density at radius 2 is 1.55 bits per heavy atom. The highest BCUT2D eigenvalue weighted by Crippen LogP contribution is 2.32. The van der Waals surface area contributed by atoms with Crippen LogP contribution in [0.4, 0.5) is 4.79 Å². The van der Waals surface area contributed by atoms with Crippen molar-refractivity contribution in [2.75, 3.05) is 26.2 Å². The lowest BCUT2D eigenvalue weighted by Crippen LogP contribution is -2.54. The molecule has 3 rings (SSSR count). The van der Waals surface area contributed by atoms with Crippen LogP contribution < -0.4 is 0 Å². The van der Waals surface area contributed by atoms with Gasteiger partial charge in [-0.1, -0.05) is 81.9 Å². The van der Waals surface area contributed by atoms with Crippen molar-refractivity contribution < 1.29 is 4.79 Å². The van der Waals surface area contributed by atoms with Crippen LogP contribution in [0, 0.1) is 5.92 Å². The average molecular weight is 391 g/mol. The quantitative estimate of drug-likeness (QED) is 0.540. The minimum atomic E-state index is 0.211. The van der Waals surface area contributed by atoms with Crippen LogP contribution in [0.2, 0.25) is 0 Å². The summed E-state index contributed by atoms with van der Waals surface area (Å²) in [6.07, 6.45) is 2.00. The zero-order valence-corrected chi connectivity index (χ0v) is 18.1. The summed E-state index contributed by atoms with van der Waals surface area (Å²) in [4.78, 5) is 16.8. The molecule has 1 heterocycles. The third-order valence-electron chi connectivity index (χ3n) is 6.03. The van der Waals surface area contributed by atoms with Gasteiger partial charge < -0.3 is 9.80 Å². The Balaban J connectivity index is 1.81. The Bertz CT molecular complexity index is 812. The van der Waals surface area contributed by atoms with Crippen LogP contribution >= 0.6 is 0 Å². The maximum absolute atomic E-state index is 12.8. The summed E-state index contributed by atoms with van der Waals surface area (Å²) >= 11 is 0. The van der Waals surface area contributed by atoms with E-state index in [2.05, 4.69) is 75.9 Å². The molecule has 29 heavy (non-hydrogen) atoms. The Morgan fingerprint density at radius 1 is 0.966 bits per heavy atom. The minimum Gasteiger partial charge on any atom is -0.324 e. The first-order valence-electron chi connectivity index (χ1n) is 10.9. The van der Waals surface area contributed by atoms with E-state index in [1.54, 1.807) is 0 Å². The van der Waals surface area contributed by atoms with Crippen LogP contribution in [-0.4, -0.2) is 42.0 Å². The fourth-order valence-corrected chi connectivity index (χ4v) is 4.30. The summed E-state index contributed by atoms with van der Waals surface area (Å²) in [7, 11) is 0. The molecule has 1 saturated heterocycles. The normalized spacial score (nSPS) is 16.2. The predicted molar refractivity (Wildman–Crippen MR) is 122 cm³/mol. The van der Waals surface area contributed by atoms with Gasteiger partial charge in [-0.05, 0) is 41.0 Å². The van der Waals surface area contributed by atoms with Crippen LogP contribution in [0.15, 0.2) is 61.2 Å². The topological polar surface area (TPSA) is 23.6 Å². The smallest absolute Gasteiger partial charge is 0.320 e. The Hall–Kier alpha value is -2.55. The van der Waals surface area contributed by atoms with Crippen LogP contribution in [0.5, 0.6) is 0 Å². The molecular formula is C26H34N2O. The average Bonchev–Trinajstić information content (AvgIpc) is 2.76. The molecule has 2 aromatic carbocycles. The van der Waals surface area contributed by atoms with Crippen molar-refractivity contribution in [1.82, 2.24) is 9.80 Å². The molecule has 0 N–H and O–H groups in total. The SMILES string of the molecule is C=C(c1ccccc1)c1cccc(C(C)C2CN(CCC)C(=O)N(CCC)C2)c1. The van der Waals surface area contributed by atoms with Gasteiger partial charge >= 0.3 is 6.03 Å². The maximum atomic E-state index is 12.8. The number of carbonyl (C=O) groups excluding carboxylic acids is 1. The second-order valence-corrected chi connectivity index (χ2v) is 8.19. The number of amides is 2. The lowest BCUT2D eigenvalue weighted by atomic mass is 9.84. The molecule has 0 radical (unpaired) electrons. The standard InChI is InChI=1S/C26H34N2O/c1-5-15-27-18-25(19-28(16-6-2)26(27)29)21(4)24-14-10-13-23(17-24)20(3)22-11-8-7-9-12-22/h7-14,17,21,25H,3,5-6,15-16,18-19H2,1-2,4H3. The van der Waals surface area contributed by atoms with Gasteiger partial charge in [0.15, 0.2) is 0 Å². The van der Waals surface area contributed by atoms with Gasteiger partial charge in [-0.15, -0.1) is 0 Å². The minimum absolute atomic E-state index is 0.211. The molecule has 3 nitrogen and oxygen atoms in total. The number of hydrogen-bond donors (Lipinski definition) is 0. The van der Waals surface area contributed by atoms with Gasteiger partial charge in [-0.2, -0.15) is 0 Å². The first-order chi connectivity index (χ1) is 14.0. The molecule has 0 aromatic heterocycles. The van der Waals surface area contributed by atoms with Crippen molar-refractivity contribution in [2.45, 2.75) is 39.5 Å². The molecule has 1 fully saturated rings. The fraction of sp³-hybridized carbons (Fsp3) is 0.423. The van der Waals surface area contributed by atoms with Crippen molar-refractivity contribution in [2.24, 2.45) is 5.92 Å². The van der Waals surface area contributed by atoms with Crippen molar-refractivity contribution >= 4 is 11.6 Å². The van der Waals surface area contributed by atoms with Crippen molar-refractivity contribution in [1.29, 1.82) is 0 Å². The van der Waals surface area contributed by atoms with Crippen molar-refractivity contribution in [3.63, 3.8) is 0 Å². The zero-order valence-electron chi connectivity index (χ0n) is 18.1. The largest absolute Gasteiger partial charge is 0.324 e. The molecule has 3 heteroatoms. The zero-order chi connectivity index (χ0) is 20.8. The second-order valence-electron chi connectivity index (χ2n) is 8.19. The van der Waals surface area contributed by atoms with E-state index in [1.165, 1.54) is 11.1 Å². The molecule has 1 aliphatic heterocycles. The summed E-state index contributed by atoms with van der Waals surface area (Å²) in [6, 6.07) is 19.3. The molecule has 0 spiro atoms. The number of hydrogen-bond acceptors (Lipinski definition) is 1. The second kappa shape index (κ2) is 9.78. The summed E-state index contributed by atoms with van der Waals surface area (Å²) in [5.41, 5.74) is 4.71. The van der Waals surface area contributed by atoms with Gasteiger partial charge in [0.1, 0.15) is 0 Å². The number of carbonyl (C=O) groups is 1. The highest BCUT2D eigenvalue weighted by atomic mass is 16.2. The monoisotopic (exact) mass is 390 g/mol. The third kappa shape index (κ3) is 4.90. The molecule has 2 amide bonds. The lowest BCUT2D eigenvalue weighted by molar-refractivity contribution is 0.0963. The van der Waals surface area contributed by atoms with E-state index in [0.717, 1.165) is 50.2 Å². The van der Waals surface area contributed by atoms with E-state index in [-0.39, 0.29) is 6.03 Å². The highest BCUT2D eigenvalue weighted by molar-refractivity contribution is 5.78. The van der Waals surface area contributed by atoms with Crippen LogP contribution in [0.1, 0.15) is 56.2 Å². The molecule has 1 aliphatic rings. The van der Waals surface area contributed by atoms with Gasteiger partial charge in [0.2, 0.25) is 0 Å². The fourth-order valence-electron chi connectivity index (χ4n) is 4.30. The van der Waals surface area contributed by atoms with E-state index in [4.69, 9.17) is 0 Å². The summed E-state index contributed by atoms with van der Waals surface area (Å²) in [5.74, 6) is 0.816. The molecule has 2 aromatic rings. The number of urea groups is 1. The van der Waals surface area contributed by atoms with E-state index in [0.29, 0.717) is 11.8 Å². The highest BCUT2D eigenvalue weighted by Gasteiger charge is 2.34. The summed E-state index contributed by atoms with van der Waals surface area (Å²) < 4.78 is 0. The first-order valence-corrected chi connectivity index (χ1v) is 10.9. The number of nitrogens with zero attached hydrogens (tertiary/aromatic N) is 2. The molecule has 0 bridgehead atoms. The lowest BCUT2D eigenvalue weighted by Gasteiger charge is -2.42. The van der Waals surface area contributed by atoms with E-state index < -0.39 is 0 Å². The molecule has 1 unspecified atom stereocenters. The predicted octanol–water partition coefficient (Wildman–Crippen LogP) is 6.03. The van der Waals surface area contributed by atoms with Gasteiger partial charge in [0.25, 0.3) is 0 Å². The number of benzene rings is 2. The van der Waals surface area contributed by atoms with E-state index in [1.807, 2.05) is 15.9 Å². The van der Waals surface area contributed by atoms with Gasteiger partial charge in [-0.3, -0.25) is 0 Å².